The third kappa shape index (κ3) is 2.30. The number of nitriles is 1. The number of pyridine rings is 1. The lowest BCUT2D eigenvalue weighted by molar-refractivity contribution is 0.280. The predicted octanol–water partition coefficient (Wildman–Crippen LogP) is 2.02. The molecule has 0 radical (unpaired) electrons. The van der Waals surface area contributed by atoms with Gasteiger partial charge in [-0.1, -0.05) is 15.9 Å². The second-order valence-electron chi connectivity index (χ2n) is 3.92. The zero-order valence-electron chi connectivity index (χ0n) is 9.56. The number of aromatic nitrogens is 1. The Balaban J connectivity index is 2.74. The molecule has 0 atom stereocenters. The minimum absolute atomic E-state index is 0.0754. The quantitative estimate of drug-likeness (QED) is 0.943. The van der Waals surface area contributed by atoms with Crippen LogP contribution in [-0.4, -0.2) is 16.3 Å². The Kier molecular flexibility index (Phi) is 3.80. The number of benzene rings is 1. The van der Waals surface area contributed by atoms with Gasteiger partial charge in [-0.3, -0.25) is 4.79 Å². The first-order valence-corrected chi connectivity index (χ1v) is 6.30. The van der Waals surface area contributed by atoms with Crippen molar-refractivity contribution in [3.05, 3.63) is 44.7 Å². The Hall–Kier alpha value is -1.64. The molecule has 1 N–H and O–H groups in total. The van der Waals surface area contributed by atoms with Crippen molar-refractivity contribution in [2.45, 2.75) is 13.0 Å². The van der Waals surface area contributed by atoms with Crippen LogP contribution < -0.4 is 5.43 Å². The van der Waals surface area contributed by atoms with Crippen LogP contribution in [0.5, 0.6) is 0 Å². The number of hydrogen-bond acceptors (Lipinski definition) is 3. The summed E-state index contributed by atoms with van der Waals surface area (Å²) in [5.74, 6) is 0. The van der Waals surface area contributed by atoms with E-state index >= 15 is 0 Å². The smallest absolute Gasteiger partial charge is 0.207 e. The number of aliphatic hydroxyl groups excluding tert-OH is 1. The Morgan fingerprint density at radius 3 is 2.89 bits per heavy atom. The van der Waals surface area contributed by atoms with Gasteiger partial charge in [-0.2, -0.15) is 5.26 Å². The van der Waals surface area contributed by atoms with Gasteiger partial charge in [0.25, 0.3) is 0 Å². The minimum Gasteiger partial charge on any atom is -0.396 e. The summed E-state index contributed by atoms with van der Waals surface area (Å²) < 4.78 is 2.63. The monoisotopic (exact) mass is 306 g/mol. The maximum absolute atomic E-state index is 12.0. The van der Waals surface area contributed by atoms with Gasteiger partial charge in [0.2, 0.25) is 5.43 Å². The van der Waals surface area contributed by atoms with Crippen LogP contribution in [0.1, 0.15) is 12.0 Å². The molecule has 0 unspecified atom stereocenters. The van der Waals surface area contributed by atoms with Gasteiger partial charge in [-0.25, -0.2) is 0 Å². The van der Waals surface area contributed by atoms with Crippen molar-refractivity contribution in [1.82, 2.24) is 4.57 Å². The first-order chi connectivity index (χ1) is 8.67. The number of aryl methyl sites for hydroxylation is 1. The minimum atomic E-state index is -0.256. The van der Waals surface area contributed by atoms with Crippen LogP contribution in [-0.2, 0) is 6.54 Å². The molecule has 1 heterocycles. The Bertz CT molecular complexity index is 686. The molecule has 92 valence electrons. The summed E-state index contributed by atoms with van der Waals surface area (Å²) in [6.45, 7) is 0.648. The third-order valence-electron chi connectivity index (χ3n) is 2.72. The Morgan fingerprint density at radius 2 is 2.22 bits per heavy atom. The van der Waals surface area contributed by atoms with Crippen molar-refractivity contribution in [3.8, 4) is 6.07 Å². The molecular formula is C13H11BrN2O2. The fourth-order valence-corrected chi connectivity index (χ4v) is 2.24. The number of rotatable bonds is 3. The van der Waals surface area contributed by atoms with E-state index in [-0.39, 0.29) is 17.6 Å². The van der Waals surface area contributed by atoms with Gasteiger partial charge in [-0.15, -0.1) is 0 Å². The van der Waals surface area contributed by atoms with Gasteiger partial charge in [0.1, 0.15) is 11.6 Å². The van der Waals surface area contributed by atoms with E-state index in [9.17, 15) is 4.79 Å². The summed E-state index contributed by atoms with van der Waals surface area (Å²) in [6.07, 6.45) is 2.13. The van der Waals surface area contributed by atoms with Crippen LogP contribution in [0.15, 0.2) is 33.7 Å². The summed E-state index contributed by atoms with van der Waals surface area (Å²) in [5, 5.41) is 18.4. The molecule has 2 aromatic rings. The molecular weight excluding hydrogens is 296 g/mol. The van der Waals surface area contributed by atoms with Crippen molar-refractivity contribution in [2.24, 2.45) is 0 Å². The number of fused-ring (bicyclic) bond motifs is 1. The molecule has 0 aliphatic carbocycles. The molecule has 0 aliphatic rings. The van der Waals surface area contributed by atoms with Crippen molar-refractivity contribution in [2.75, 3.05) is 6.61 Å². The molecule has 18 heavy (non-hydrogen) atoms. The molecule has 0 amide bonds. The summed E-state index contributed by atoms with van der Waals surface area (Å²) in [7, 11) is 0. The zero-order valence-corrected chi connectivity index (χ0v) is 11.1. The molecule has 1 aromatic heterocycles. The van der Waals surface area contributed by atoms with Crippen LogP contribution in [0.25, 0.3) is 10.9 Å². The lowest BCUT2D eigenvalue weighted by Gasteiger charge is -2.11. The average molecular weight is 307 g/mol. The molecule has 0 spiro atoms. The first kappa shape index (κ1) is 12.8. The Labute approximate surface area is 112 Å². The molecule has 0 fully saturated rings. The molecule has 0 aliphatic heterocycles. The van der Waals surface area contributed by atoms with E-state index in [4.69, 9.17) is 10.4 Å². The molecule has 2 rings (SSSR count). The van der Waals surface area contributed by atoms with Crippen LogP contribution >= 0.6 is 15.9 Å². The van der Waals surface area contributed by atoms with Crippen LogP contribution in [0.4, 0.5) is 0 Å². The molecule has 0 saturated carbocycles. The Morgan fingerprint density at radius 1 is 1.44 bits per heavy atom. The molecule has 0 bridgehead atoms. The van der Waals surface area contributed by atoms with Crippen LogP contribution in [0.3, 0.4) is 0 Å². The van der Waals surface area contributed by atoms with Gasteiger partial charge in [0, 0.05) is 29.2 Å². The van der Waals surface area contributed by atoms with Gasteiger partial charge in [0.05, 0.1) is 5.52 Å². The second-order valence-corrected chi connectivity index (χ2v) is 4.83. The van der Waals surface area contributed by atoms with E-state index in [1.54, 1.807) is 12.3 Å². The van der Waals surface area contributed by atoms with Gasteiger partial charge in [-0.05, 0) is 24.6 Å². The highest BCUT2D eigenvalue weighted by atomic mass is 79.9. The topological polar surface area (TPSA) is 66.0 Å². The predicted molar refractivity (Wildman–Crippen MR) is 72.3 cm³/mol. The second kappa shape index (κ2) is 5.34. The summed E-state index contributed by atoms with van der Waals surface area (Å²) in [4.78, 5) is 12.0. The number of aliphatic hydroxyl groups is 1. The summed E-state index contributed by atoms with van der Waals surface area (Å²) >= 11 is 3.32. The highest BCUT2D eigenvalue weighted by molar-refractivity contribution is 9.10. The average Bonchev–Trinajstić information content (AvgIpc) is 2.38. The fraction of sp³-hybridized carbons (Fsp3) is 0.231. The number of nitrogens with zero attached hydrogens (tertiary/aromatic N) is 2. The maximum atomic E-state index is 12.0. The van der Waals surface area contributed by atoms with Crippen molar-refractivity contribution in [3.63, 3.8) is 0 Å². The molecule has 0 saturated heterocycles. The molecule has 4 nitrogen and oxygen atoms in total. The van der Waals surface area contributed by atoms with E-state index in [1.807, 2.05) is 22.8 Å². The number of hydrogen-bond donors (Lipinski definition) is 1. The standard InChI is InChI=1S/C13H11BrN2O2/c14-10-2-3-12-11(6-10)13(18)9(7-15)8-16(12)4-1-5-17/h2-3,6,8,17H,1,4-5H2. The fourth-order valence-electron chi connectivity index (χ4n) is 1.88. The SMILES string of the molecule is N#Cc1cn(CCCO)c2ccc(Br)cc2c1=O. The van der Waals surface area contributed by atoms with Crippen molar-refractivity contribution < 1.29 is 5.11 Å². The maximum Gasteiger partial charge on any atom is 0.207 e. The van der Waals surface area contributed by atoms with E-state index in [2.05, 4.69) is 15.9 Å². The molecule has 1 aromatic carbocycles. The third-order valence-corrected chi connectivity index (χ3v) is 3.21. The lowest BCUT2D eigenvalue weighted by Crippen LogP contribution is -2.13. The van der Waals surface area contributed by atoms with Gasteiger partial charge >= 0.3 is 0 Å². The van der Waals surface area contributed by atoms with Crippen LogP contribution in [0.2, 0.25) is 0 Å². The lowest BCUT2D eigenvalue weighted by atomic mass is 10.1. The highest BCUT2D eigenvalue weighted by Gasteiger charge is 2.08. The largest absolute Gasteiger partial charge is 0.396 e. The van der Waals surface area contributed by atoms with Gasteiger partial charge in [0.15, 0.2) is 0 Å². The summed E-state index contributed by atoms with van der Waals surface area (Å²) in [6, 6.07) is 7.31. The van der Waals surface area contributed by atoms with Crippen molar-refractivity contribution >= 4 is 26.8 Å². The van der Waals surface area contributed by atoms with Crippen molar-refractivity contribution in [1.29, 1.82) is 5.26 Å². The molecule has 5 heteroatoms. The zero-order chi connectivity index (χ0) is 13.1. The first-order valence-electron chi connectivity index (χ1n) is 5.51. The number of halogens is 1. The highest BCUT2D eigenvalue weighted by Crippen LogP contribution is 2.18. The summed E-state index contributed by atoms with van der Waals surface area (Å²) in [5.41, 5.74) is 0.642. The van der Waals surface area contributed by atoms with Gasteiger partial charge < -0.3 is 9.67 Å². The van der Waals surface area contributed by atoms with E-state index in [0.29, 0.717) is 18.4 Å². The van der Waals surface area contributed by atoms with E-state index in [1.165, 1.54) is 0 Å². The van der Waals surface area contributed by atoms with Crippen LogP contribution in [0, 0.1) is 11.3 Å². The van der Waals surface area contributed by atoms with E-state index in [0.717, 1.165) is 9.99 Å². The normalized spacial score (nSPS) is 10.5. The van der Waals surface area contributed by atoms with E-state index < -0.39 is 0 Å².